The Kier molecular flexibility index (Phi) is 9.22. The number of nitrogens with zero attached hydrogens (tertiary/aromatic N) is 3. The Morgan fingerprint density at radius 2 is 2.07 bits per heavy atom. The lowest BCUT2D eigenvalue weighted by Gasteiger charge is -2.33. The standard InChI is InChI=1S/C22H36N4O3/c1-6-28-21(27)19-8-11-26(12-9-19)22(23-5)25-15-18-7-10-24-20(14-18)29-17(4)13-16(2)3/h7,10,14,16-17,19H,6,8-9,11-13,15H2,1-5H3,(H,23,25). The Balaban J connectivity index is 1.85. The van der Waals surface area contributed by atoms with Crippen LogP contribution in [0.4, 0.5) is 0 Å². The van der Waals surface area contributed by atoms with Crippen LogP contribution < -0.4 is 10.1 Å². The van der Waals surface area contributed by atoms with Crippen molar-refractivity contribution in [2.45, 2.75) is 59.6 Å². The van der Waals surface area contributed by atoms with E-state index in [0.29, 0.717) is 24.9 Å². The van der Waals surface area contributed by atoms with Crippen molar-refractivity contribution < 1.29 is 14.3 Å². The van der Waals surface area contributed by atoms with E-state index in [9.17, 15) is 4.79 Å². The van der Waals surface area contributed by atoms with E-state index in [2.05, 4.69) is 41.0 Å². The van der Waals surface area contributed by atoms with Crippen LogP contribution in [-0.4, -0.2) is 54.7 Å². The first-order chi connectivity index (χ1) is 13.9. The van der Waals surface area contributed by atoms with Crippen LogP contribution in [0, 0.1) is 11.8 Å². The first kappa shape index (κ1) is 23.0. The van der Waals surface area contributed by atoms with Crippen LogP contribution in [0.25, 0.3) is 0 Å². The van der Waals surface area contributed by atoms with E-state index in [4.69, 9.17) is 9.47 Å². The van der Waals surface area contributed by atoms with Gasteiger partial charge in [0.15, 0.2) is 5.96 Å². The number of esters is 1. The molecule has 0 aliphatic carbocycles. The summed E-state index contributed by atoms with van der Waals surface area (Å²) in [6.45, 7) is 11.0. The quantitative estimate of drug-likeness (QED) is 0.407. The van der Waals surface area contributed by atoms with Gasteiger partial charge in [-0.3, -0.25) is 9.79 Å². The summed E-state index contributed by atoms with van der Waals surface area (Å²) in [6.07, 6.45) is 4.50. The van der Waals surface area contributed by atoms with Crippen molar-refractivity contribution in [2.24, 2.45) is 16.8 Å². The van der Waals surface area contributed by atoms with E-state index in [1.165, 1.54) is 0 Å². The topological polar surface area (TPSA) is 76.0 Å². The van der Waals surface area contributed by atoms with Gasteiger partial charge in [0.2, 0.25) is 5.88 Å². The number of aromatic nitrogens is 1. The molecule has 2 rings (SSSR count). The molecule has 1 aromatic heterocycles. The van der Waals surface area contributed by atoms with Crippen molar-refractivity contribution in [3.63, 3.8) is 0 Å². The second-order valence-electron chi connectivity index (χ2n) is 7.97. The fourth-order valence-corrected chi connectivity index (χ4v) is 3.64. The zero-order chi connectivity index (χ0) is 21.2. The lowest BCUT2D eigenvalue weighted by Crippen LogP contribution is -2.46. The number of aliphatic imine (C=N–C) groups is 1. The maximum Gasteiger partial charge on any atom is 0.309 e. The third-order valence-corrected chi connectivity index (χ3v) is 5.00. The highest BCUT2D eigenvalue weighted by Crippen LogP contribution is 2.19. The smallest absolute Gasteiger partial charge is 0.309 e. The summed E-state index contributed by atoms with van der Waals surface area (Å²) >= 11 is 0. The number of nitrogens with one attached hydrogen (secondary N) is 1. The number of likely N-dealkylation sites (tertiary alicyclic amines) is 1. The van der Waals surface area contributed by atoms with Crippen molar-refractivity contribution in [1.29, 1.82) is 0 Å². The highest BCUT2D eigenvalue weighted by molar-refractivity contribution is 5.80. The number of carbonyl (C=O) groups excluding carboxylic acids is 1. The molecule has 7 nitrogen and oxygen atoms in total. The molecule has 1 aliphatic rings. The molecular weight excluding hydrogens is 368 g/mol. The average molecular weight is 405 g/mol. The molecular formula is C22H36N4O3. The second kappa shape index (κ2) is 11.6. The highest BCUT2D eigenvalue weighted by atomic mass is 16.5. The van der Waals surface area contributed by atoms with E-state index in [1.807, 2.05) is 19.1 Å². The highest BCUT2D eigenvalue weighted by Gasteiger charge is 2.27. The van der Waals surface area contributed by atoms with E-state index < -0.39 is 0 Å². The van der Waals surface area contributed by atoms with Gasteiger partial charge in [0.05, 0.1) is 18.6 Å². The van der Waals surface area contributed by atoms with Gasteiger partial charge >= 0.3 is 5.97 Å². The molecule has 2 heterocycles. The number of ether oxygens (including phenoxy) is 2. The predicted octanol–water partition coefficient (Wildman–Crippen LogP) is 3.25. The van der Waals surface area contributed by atoms with Gasteiger partial charge < -0.3 is 19.7 Å². The Morgan fingerprint density at radius 1 is 1.34 bits per heavy atom. The molecule has 0 aromatic carbocycles. The van der Waals surface area contributed by atoms with Gasteiger partial charge in [-0.15, -0.1) is 0 Å². The number of hydrogen-bond donors (Lipinski definition) is 1. The van der Waals surface area contributed by atoms with Gasteiger partial charge in [0.1, 0.15) is 0 Å². The molecule has 1 atom stereocenters. The number of carbonyl (C=O) groups is 1. The minimum atomic E-state index is -0.0777. The molecule has 1 saturated heterocycles. The summed E-state index contributed by atoms with van der Waals surface area (Å²) in [7, 11) is 1.79. The zero-order valence-electron chi connectivity index (χ0n) is 18.5. The largest absolute Gasteiger partial charge is 0.475 e. The van der Waals surface area contributed by atoms with Gasteiger partial charge in [-0.05, 0) is 50.7 Å². The number of guanidine groups is 1. The number of hydrogen-bond acceptors (Lipinski definition) is 5. The van der Waals surface area contributed by atoms with E-state index in [1.54, 1.807) is 13.2 Å². The third-order valence-electron chi connectivity index (χ3n) is 5.00. The number of rotatable bonds is 8. The summed E-state index contributed by atoms with van der Waals surface area (Å²) in [5.41, 5.74) is 1.09. The van der Waals surface area contributed by atoms with Crippen molar-refractivity contribution in [2.75, 3.05) is 26.7 Å². The van der Waals surface area contributed by atoms with Crippen LogP contribution in [-0.2, 0) is 16.1 Å². The molecule has 1 aromatic rings. The van der Waals surface area contributed by atoms with Crippen molar-refractivity contribution in [3.8, 4) is 5.88 Å². The van der Waals surface area contributed by atoms with Crippen molar-refractivity contribution in [3.05, 3.63) is 23.9 Å². The van der Waals surface area contributed by atoms with E-state index in [0.717, 1.165) is 43.9 Å². The molecule has 1 aliphatic heterocycles. The van der Waals surface area contributed by atoms with Crippen LogP contribution in [0.1, 0.15) is 52.5 Å². The normalized spacial score (nSPS) is 16.6. The molecule has 0 radical (unpaired) electrons. The summed E-state index contributed by atoms with van der Waals surface area (Å²) in [6, 6.07) is 3.96. The van der Waals surface area contributed by atoms with Gasteiger partial charge in [-0.2, -0.15) is 0 Å². The molecule has 7 heteroatoms. The molecule has 0 saturated carbocycles. The Labute approximate surface area is 174 Å². The van der Waals surface area contributed by atoms with Crippen LogP contribution in [0.15, 0.2) is 23.3 Å². The van der Waals surface area contributed by atoms with Crippen LogP contribution in [0.5, 0.6) is 5.88 Å². The molecule has 1 N–H and O–H groups in total. The zero-order valence-corrected chi connectivity index (χ0v) is 18.5. The minimum absolute atomic E-state index is 0.00274. The molecule has 29 heavy (non-hydrogen) atoms. The monoisotopic (exact) mass is 404 g/mol. The Hall–Kier alpha value is -2.31. The average Bonchev–Trinajstić information content (AvgIpc) is 2.68. The summed E-state index contributed by atoms with van der Waals surface area (Å²) < 4.78 is 11.1. The van der Waals surface area contributed by atoms with Crippen molar-refractivity contribution in [1.82, 2.24) is 15.2 Å². The molecule has 1 unspecified atom stereocenters. The predicted molar refractivity (Wildman–Crippen MR) is 115 cm³/mol. The van der Waals surface area contributed by atoms with E-state index >= 15 is 0 Å². The molecule has 0 spiro atoms. The van der Waals surface area contributed by atoms with Gasteiger partial charge in [-0.1, -0.05) is 13.8 Å². The second-order valence-corrected chi connectivity index (χ2v) is 7.97. The first-order valence-corrected chi connectivity index (χ1v) is 10.7. The van der Waals surface area contributed by atoms with Crippen LogP contribution in [0.2, 0.25) is 0 Å². The summed E-state index contributed by atoms with van der Waals surface area (Å²) in [5, 5.41) is 3.41. The lowest BCUT2D eigenvalue weighted by molar-refractivity contribution is -0.149. The molecule has 1 fully saturated rings. The number of piperidine rings is 1. The van der Waals surface area contributed by atoms with Gasteiger partial charge in [-0.25, -0.2) is 4.98 Å². The van der Waals surface area contributed by atoms with E-state index in [-0.39, 0.29) is 18.0 Å². The lowest BCUT2D eigenvalue weighted by atomic mass is 9.97. The Morgan fingerprint density at radius 3 is 2.69 bits per heavy atom. The molecule has 162 valence electrons. The maximum atomic E-state index is 11.9. The molecule has 0 amide bonds. The van der Waals surface area contributed by atoms with Crippen molar-refractivity contribution >= 4 is 11.9 Å². The van der Waals surface area contributed by atoms with Crippen LogP contribution in [0.3, 0.4) is 0 Å². The fourth-order valence-electron chi connectivity index (χ4n) is 3.64. The summed E-state index contributed by atoms with van der Waals surface area (Å²) in [4.78, 5) is 22.8. The third kappa shape index (κ3) is 7.55. The summed E-state index contributed by atoms with van der Waals surface area (Å²) in [5.74, 6) is 2.01. The minimum Gasteiger partial charge on any atom is -0.475 e. The maximum absolute atomic E-state index is 11.9. The molecule has 0 bridgehead atoms. The van der Waals surface area contributed by atoms with Gasteiger partial charge in [0, 0.05) is 38.9 Å². The SMILES string of the molecule is CCOC(=O)C1CCN(C(=NC)NCc2ccnc(OC(C)CC(C)C)c2)CC1. The fraction of sp³-hybridized carbons (Fsp3) is 0.682. The van der Waals surface area contributed by atoms with Crippen LogP contribution >= 0.6 is 0 Å². The number of pyridine rings is 1. The van der Waals surface area contributed by atoms with Gasteiger partial charge in [0.25, 0.3) is 0 Å². The first-order valence-electron chi connectivity index (χ1n) is 10.7. The Bertz CT molecular complexity index is 670.